The Kier molecular flexibility index (Phi) is 6.37. The third-order valence-corrected chi connectivity index (χ3v) is 3.22. The van der Waals surface area contributed by atoms with Crippen LogP contribution in [0.1, 0.15) is 38.5 Å². The molecule has 1 unspecified atom stereocenters. The molecule has 0 aliphatic carbocycles. The minimum absolute atomic E-state index is 0.0885. The van der Waals surface area contributed by atoms with Crippen molar-refractivity contribution in [3.8, 4) is 0 Å². The fraction of sp³-hybridized carbons (Fsp3) is 0.909. The van der Waals surface area contributed by atoms with Gasteiger partial charge >= 0.3 is 0 Å². The molecule has 0 spiro atoms. The van der Waals surface area contributed by atoms with Crippen LogP contribution in [0, 0.1) is 0 Å². The van der Waals surface area contributed by atoms with Crippen LogP contribution in [0.3, 0.4) is 0 Å². The van der Waals surface area contributed by atoms with Crippen molar-refractivity contribution < 1.29 is 9.90 Å². The fourth-order valence-corrected chi connectivity index (χ4v) is 2.25. The van der Waals surface area contributed by atoms with Crippen molar-refractivity contribution in [2.75, 3.05) is 19.7 Å². The molecule has 0 aromatic heterocycles. The van der Waals surface area contributed by atoms with E-state index in [2.05, 4.69) is 10.3 Å². The van der Waals surface area contributed by atoms with Gasteiger partial charge in [0.2, 0.25) is 5.91 Å². The summed E-state index contributed by atoms with van der Waals surface area (Å²) in [5, 5.41) is 9.14. The Labute approximate surface area is 97.0 Å². The highest BCUT2D eigenvalue weighted by atomic mass is 16.3. The van der Waals surface area contributed by atoms with E-state index in [1.807, 2.05) is 0 Å². The fourth-order valence-electron chi connectivity index (χ4n) is 2.25. The highest BCUT2D eigenvalue weighted by Crippen LogP contribution is 2.17. The minimum atomic E-state index is -0.0885. The first-order chi connectivity index (χ1) is 7.77. The Morgan fingerprint density at radius 1 is 1.44 bits per heavy atom. The van der Waals surface area contributed by atoms with E-state index in [4.69, 9.17) is 10.9 Å². The average Bonchev–Trinajstić information content (AvgIpc) is 2.75. The average molecular weight is 229 g/mol. The van der Waals surface area contributed by atoms with Gasteiger partial charge in [0.15, 0.2) is 0 Å². The first kappa shape index (κ1) is 13.4. The molecule has 1 fully saturated rings. The number of rotatable bonds is 7. The van der Waals surface area contributed by atoms with Gasteiger partial charge in [-0.1, -0.05) is 6.42 Å². The number of carbonyl (C=O) groups is 1. The second kappa shape index (κ2) is 7.60. The maximum atomic E-state index is 10.8. The van der Waals surface area contributed by atoms with E-state index in [1.165, 1.54) is 6.42 Å². The zero-order chi connectivity index (χ0) is 11.8. The summed E-state index contributed by atoms with van der Waals surface area (Å²) in [5.74, 6) is 4.90. The number of hydrogen-bond donors (Lipinski definition) is 3. The van der Waals surface area contributed by atoms with Crippen molar-refractivity contribution in [1.82, 2.24) is 10.3 Å². The molecule has 16 heavy (non-hydrogen) atoms. The van der Waals surface area contributed by atoms with Crippen LogP contribution in [0.25, 0.3) is 0 Å². The summed E-state index contributed by atoms with van der Waals surface area (Å²) < 4.78 is 0. The van der Waals surface area contributed by atoms with Gasteiger partial charge in [0.25, 0.3) is 0 Å². The van der Waals surface area contributed by atoms with Crippen molar-refractivity contribution in [3.63, 3.8) is 0 Å². The summed E-state index contributed by atoms with van der Waals surface area (Å²) in [5.41, 5.74) is 2.13. The summed E-state index contributed by atoms with van der Waals surface area (Å²) in [6.07, 6.45) is 5.85. The number of likely N-dealkylation sites (tertiary alicyclic amines) is 1. The Bertz CT molecular complexity index is 211. The van der Waals surface area contributed by atoms with Crippen LogP contribution in [0.15, 0.2) is 0 Å². The standard InChI is InChI=1S/C11H23N3O2/c12-13-11(16)6-2-1-3-7-14-8-4-5-10(14)9-15/h10,15H,1-9,12H2,(H,13,16). The molecule has 5 heteroatoms. The molecule has 1 atom stereocenters. The normalized spacial score (nSPS) is 21.2. The highest BCUT2D eigenvalue weighted by Gasteiger charge is 2.22. The van der Waals surface area contributed by atoms with E-state index in [0.717, 1.165) is 38.8 Å². The zero-order valence-corrected chi connectivity index (χ0v) is 9.82. The molecule has 1 saturated heterocycles. The summed E-state index contributed by atoms with van der Waals surface area (Å²) in [6.45, 7) is 2.42. The molecule has 0 aromatic rings. The first-order valence-corrected chi connectivity index (χ1v) is 6.12. The van der Waals surface area contributed by atoms with Crippen molar-refractivity contribution in [1.29, 1.82) is 0 Å². The van der Waals surface area contributed by atoms with Gasteiger partial charge in [-0.05, 0) is 38.8 Å². The van der Waals surface area contributed by atoms with Gasteiger partial charge in [-0.2, -0.15) is 0 Å². The second-order valence-corrected chi connectivity index (χ2v) is 4.39. The van der Waals surface area contributed by atoms with Gasteiger partial charge < -0.3 is 5.11 Å². The summed E-state index contributed by atoms with van der Waals surface area (Å²) in [6, 6.07) is 0.368. The van der Waals surface area contributed by atoms with Gasteiger partial charge in [-0.3, -0.25) is 15.1 Å². The Balaban J connectivity index is 2.00. The van der Waals surface area contributed by atoms with E-state index >= 15 is 0 Å². The molecule has 1 heterocycles. The molecule has 0 aromatic carbocycles. The maximum absolute atomic E-state index is 10.8. The molecule has 1 aliphatic rings. The predicted molar refractivity (Wildman–Crippen MR) is 62.5 cm³/mol. The van der Waals surface area contributed by atoms with Crippen molar-refractivity contribution in [3.05, 3.63) is 0 Å². The second-order valence-electron chi connectivity index (χ2n) is 4.39. The predicted octanol–water partition coefficient (Wildman–Crippen LogP) is -0.00660. The molecule has 1 aliphatic heterocycles. The van der Waals surface area contributed by atoms with E-state index in [9.17, 15) is 4.79 Å². The van der Waals surface area contributed by atoms with E-state index in [0.29, 0.717) is 12.5 Å². The Morgan fingerprint density at radius 2 is 2.25 bits per heavy atom. The summed E-state index contributed by atoms with van der Waals surface area (Å²) in [4.78, 5) is 13.2. The number of hydrogen-bond acceptors (Lipinski definition) is 4. The van der Waals surface area contributed by atoms with Gasteiger partial charge in [0, 0.05) is 12.5 Å². The number of aliphatic hydroxyl groups excluding tert-OH is 1. The van der Waals surface area contributed by atoms with Crippen molar-refractivity contribution in [2.24, 2.45) is 5.84 Å². The van der Waals surface area contributed by atoms with Crippen LogP contribution in [-0.2, 0) is 4.79 Å². The number of nitrogens with zero attached hydrogens (tertiary/aromatic N) is 1. The van der Waals surface area contributed by atoms with E-state index in [1.54, 1.807) is 0 Å². The Hall–Kier alpha value is -0.650. The number of nitrogens with two attached hydrogens (primary N) is 1. The van der Waals surface area contributed by atoms with Crippen LogP contribution < -0.4 is 11.3 Å². The smallest absolute Gasteiger partial charge is 0.233 e. The van der Waals surface area contributed by atoms with Gasteiger partial charge in [-0.15, -0.1) is 0 Å². The molecule has 0 bridgehead atoms. The van der Waals surface area contributed by atoms with Crippen LogP contribution >= 0.6 is 0 Å². The first-order valence-electron chi connectivity index (χ1n) is 6.12. The molecular weight excluding hydrogens is 206 g/mol. The molecular formula is C11H23N3O2. The molecule has 1 amide bonds. The molecule has 94 valence electrons. The number of aliphatic hydroxyl groups is 1. The topological polar surface area (TPSA) is 78.6 Å². The van der Waals surface area contributed by atoms with Crippen LogP contribution in [-0.4, -0.2) is 41.7 Å². The number of nitrogens with one attached hydrogen (secondary N) is 1. The summed E-state index contributed by atoms with van der Waals surface area (Å²) in [7, 11) is 0. The van der Waals surface area contributed by atoms with Gasteiger partial charge in [0.1, 0.15) is 0 Å². The number of amides is 1. The SMILES string of the molecule is NNC(=O)CCCCCN1CCCC1CO. The largest absolute Gasteiger partial charge is 0.395 e. The van der Waals surface area contributed by atoms with Crippen molar-refractivity contribution in [2.45, 2.75) is 44.6 Å². The number of carbonyl (C=O) groups excluding carboxylic acids is 1. The van der Waals surface area contributed by atoms with E-state index < -0.39 is 0 Å². The molecule has 5 nitrogen and oxygen atoms in total. The Morgan fingerprint density at radius 3 is 2.94 bits per heavy atom. The maximum Gasteiger partial charge on any atom is 0.233 e. The van der Waals surface area contributed by atoms with Crippen molar-refractivity contribution >= 4 is 5.91 Å². The molecule has 1 rings (SSSR count). The molecule has 4 N–H and O–H groups in total. The van der Waals surface area contributed by atoms with E-state index in [-0.39, 0.29) is 12.5 Å². The van der Waals surface area contributed by atoms with Crippen LogP contribution in [0.5, 0.6) is 0 Å². The lowest BCUT2D eigenvalue weighted by Crippen LogP contribution is -2.33. The molecule has 0 radical (unpaired) electrons. The van der Waals surface area contributed by atoms with Gasteiger partial charge in [0.05, 0.1) is 6.61 Å². The minimum Gasteiger partial charge on any atom is -0.395 e. The third-order valence-electron chi connectivity index (χ3n) is 3.22. The lowest BCUT2D eigenvalue weighted by molar-refractivity contribution is -0.121. The van der Waals surface area contributed by atoms with Crippen LogP contribution in [0.2, 0.25) is 0 Å². The highest BCUT2D eigenvalue weighted by molar-refractivity contribution is 5.74. The number of hydrazine groups is 1. The number of unbranched alkanes of at least 4 members (excludes halogenated alkanes) is 2. The van der Waals surface area contributed by atoms with Crippen LogP contribution in [0.4, 0.5) is 0 Å². The monoisotopic (exact) mass is 229 g/mol. The third kappa shape index (κ3) is 4.47. The summed E-state index contributed by atoms with van der Waals surface area (Å²) >= 11 is 0. The quantitative estimate of drug-likeness (QED) is 0.248. The zero-order valence-electron chi connectivity index (χ0n) is 9.82. The van der Waals surface area contributed by atoms with Gasteiger partial charge in [-0.25, -0.2) is 5.84 Å². The lowest BCUT2D eigenvalue weighted by atomic mass is 10.1. The molecule has 0 saturated carbocycles. The lowest BCUT2D eigenvalue weighted by Gasteiger charge is -2.22.